The van der Waals surface area contributed by atoms with Gasteiger partial charge in [0.1, 0.15) is 12.7 Å². The first-order chi connectivity index (χ1) is 5.08. The summed E-state index contributed by atoms with van der Waals surface area (Å²) in [6.45, 7) is 0.784. The number of halogens is 3. The second-order valence-electron chi connectivity index (χ2n) is 2.13. The quantitative estimate of drug-likeness (QED) is 0.470. The topological polar surface area (TPSA) is 21.8 Å². The van der Waals surface area contributed by atoms with E-state index in [1.165, 1.54) is 0 Å². The van der Waals surface area contributed by atoms with E-state index in [9.17, 15) is 13.2 Å². The van der Waals surface area contributed by atoms with Crippen LogP contribution in [0.2, 0.25) is 0 Å². The van der Waals surface area contributed by atoms with Crippen LogP contribution in [0.25, 0.3) is 0 Å². The highest BCUT2D eigenvalue weighted by molar-refractivity contribution is 4.83. The summed E-state index contributed by atoms with van der Waals surface area (Å²) in [5.41, 5.74) is 0. The highest BCUT2D eigenvalue weighted by atomic mass is 19.4. The minimum absolute atomic E-state index is 0.00659. The van der Waals surface area contributed by atoms with Crippen molar-refractivity contribution < 1.29 is 22.6 Å². The summed E-state index contributed by atoms with van der Waals surface area (Å²) < 4.78 is 43.4. The van der Waals surface area contributed by atoms with Crippen LogP contribution in [0.15, 0.2) is 12.3 Å². The zero-order chi connectivity index (χ0) is 8.32. The largest absolute Gasteiger partial charge is 0.498 e. The molecule has 1 rings (SSSR count). The lowest BCUT2D eigenvalue weighted by atomic mass is 10.5. The Bertz CT molecular complexity index is 148. The first-order valence-corrected chi connectivity index (χ1v) is 3.05. The van der Waals surface area contributed by atoms with Gasteiger partial charge in [-0.2, -0.15) is 13.2 Å². The number of rotatable bonds is 3. The van der Waals surface area contributed by atoms with Crippen molar-refractivity contribution >= 4 is 0 Å². The lowest BCUT2D eigenvalue weighted by Crippen LogP contribution is -2.02. The first kappa shape index (κ1) is 8.39. The molecule has 5 heteroatoms. The van der Waals surface area contributed by atoms with Crippen molar-refractivity contribution in [2.24, 2.45) is 0 Å². The van der Waals surface area contributed by atoms with Gasteiger partial charge < -0.3 is 9.47 Å². The molecule has 1 atom stereocenters. The Morgan fingerprint density at radius 2 is 2.18 bits per heavy atom. The van der Waals surface area contributed by atoms with Crippen LogP contribution in [0.4, 0.5) is 13.2 Å². The Labute approximate surface area is 61.6 Å². The van der Waals surface area contributed by atoms with Crippen molar-refractivity contribution in [3.05, 3.63) is 12.3 Å². The van der Waals surface area contributed by atoms with Gasteiger partial charge in [-0.3, -0.25) is 0 Å². The van der Waals surface area contributed by atoms with Crippen LogP contribution in [-0.4, -0.2) is 25.5 Å². The molecule has 0 N–H and O–H groups in total. The molecule has 1 fully saturated rings. The van der Waals surface area contributed by atoms with Crippen molar-refractivity contribution in [1.29, 1.82) is 0 Å². The molecule has 1 aliphatic rings. The summed E-state index contributed by atoms with van der Waals surface area (Å²) >= 11 is 0. The summed E-state index contributed by atoms with van der Waals surface area (Å²) in [6, 6.07) is 0. The molecule has 11 heavy (non-hydrogen) atoms. The third kappa shape index (κ3) is 4.66. The summed E-state index contributed by atoms with van der Waals surface area (Å²) in [6.07, 6.45) is -3.60. The molecule has 0 bridgehead atoms. The lowest BCUT2D eigenvalue weighted by Gasteiger charge is -1.98. The van der Waals surface area contributed by atoms with Crippen LogP contribution in [-0.2, 0) is 9.47 Å². The van der Waals surface area contributed by atoms with Crippen molar-refractivity contribution in [3.63, 3.8) is 0 Å². The molecular weight excluding hydrogens is 161 g/mol. The van der Waals surface area contributed by atoms with Crippen LogP contribution >= 0.6 is 0 Å². The van der Waals surface area contributed by atoms with Crippen molar-refractivity contribution in [3.8, 4) is 0 Å². The Morgan fingerprint density at radius 1 is 1.55 bits per heavy atom. The van der Waals surface area contributed by atoms with E-state index in [2.05, 4.69) is 4.74 Å². The van der Waals surface area contributed by atoms with E-state index in [1.807, 2.05) is 0 Å². The number of ether oxygens (including phenoxy) is 2. The molecular formula is C6H7F3O2. The minimum Gasteiger partial charge on any atom is -0.498 e. The van der Waals surface area contributed by atoms with Gasteiger partial charge in [0.25, 0.3) is 0 Å². The highest BCUT2D eigenvalue weighted by Gasteiger charge is 2.24. The second-order valence-corrected chi connectivity index (χ2v) is 2.13. The van der Waals surface area contributed by atoms with Crippen LogP contribution in [0.1, 0.15) is 0 Å². The van der Waals surface area contributed by atoms with Gasteiger partial charge in [0.2, 0.25) is 0 Å². The van der Waals surface area contributed by atoms with E-state index in [0.29, 0.717) is 12.9 Å². The maximum Gasteiger partial charge on any atom is 0.412 e. The van der Waals surface area contributed by atoms with Gasteiger partial charge in [0.05, 0.1) is 18.9 Å². The molecule has 0 spiro atoms. The SMILES string of the molecule is FC(F)(F)/C=C\OCC1CO1. The summed E-state index contributed by atoms with van der Waals surface area (Å²) in [5, 5.41) is 0. The molecule has 0 aromatic heterocycles. The molecule has 2 nitrogen and oxygen atoms in total. The van der Waals surface area contributed by atoms with E-state index in [1.54, 1.807) is 0 Å². The molecule has 1 saturated heterocycles. The fourth-order valence-corrected chi connectivity index (χ4v) is 0.452. The second kappa shape index (κ2) is 3.13. The van der Waals surface area contributed by atoms with Gasteiger partial charge >= 0.3 is 6.18 Å². The monoisotopic (exact) mass is 168 g/mol. The minimum atomic E-state index is -4.29. The Morgan fingerprint density at radius 3 is 2.64 bits per heavy atom. The molecule has 0 aliphatic carbocycles. The van der Waals surface area contributed by atoms with Gasteiger partial charge in [-0.15, -0.1) is 0 Å². The summed E-state index contributed by atoms with van der Waals surface area (Å²) in [5.74, 6) is 0. The number of hydrogen-bond donors (Lipinski definition) is 0. The van der Waals surface area contributed by atoms with Gasteiger partial charge in [-0.25, -0.2) is 0 Å². The van der Waals surface area contributed by atoms with Crippen LogP contribution in [0, 0.1) is 0 Å². The molecule has 1 heterocycles. The number of alkyl halides is 3. The molecule has 1 unspecified atom stereocenters. The number of epoxide rings is 1. The predicted octanol–water partition coefficient (Wildman–Crippen LogP) is 1.48. The Balaban J connectivity index is 2.04. The molecule has 64 valence electrons. The molecule has 0 radical (unpaired) electrons. The highest BCUT2D eigenvalue weighted by Crippen LogP contribution is 2.16. The van der Waals surface area contributed by atoms with E-state index in [4.69, 9.17) is 4.74 Å². The van der Waals surface area contributed by atoms with Crippen LogP contribution in [0.3, 0.4) is 0 Å². The third-order valence-electron chi connectivity index (χ3n) is 1.04. The number of hydrogen-bond acceptors (Lipinski definition) is 2. The zero-order valence-corrected chi connectivity index (χ0v) is 5.60. The van der Waals surface area contributed by atoms with Crippen molar-refractivity contribution in [1.82, 2.24) is 0 Å². The molecule has 0 saturated carbocycles. The van der Waals surface area contributed by atoms with Crippen molar-refractivity contribution in [2.75, 3.05) is 13.2 Å². The van der Waals surface area contributed by atoms with Crippen molar-refractivity contribution in [2.45, 2.75) is 12.3 Å². The lowest BCUT2D eigenvalue weighted by molar-refractivity contribution is -0.0817. The fraction of sp³-hybridized carbons (Fsp3) is 0.667. The zero-order valence-electron chi connectivity index (χ0n) is 5.60. The van der Waals surface area contributed by atoms with Crippen LogP contribution in [0.5, 0.6) is 0 Å². The normalized spacial score (nSPS) is 24.1. The average Bonchev–Trinajstić information content (AvgIpc) is 2.60. The standard InChI is InChI=1S/C6H7F3O2/c7-6(8,9)1-2-10-3-5-4-11-5/h1-2,5H,3-4H2/b2-1-. The molecule has 0 aromatic rings. The average molecular weight is 168 g/mol. The first-order valence-electron chi connectivity index (χ1n) is 3.05. The maximum atomic E-state index is 11.4. The fourth-order valence-electron chi connectivity index (χ4n) is 0.452. The Kier molecular flexibility index (Phi) is 2.38. The van der Waals surface area contributed by atoms with E-state index in [-0.39, 0.29) is 18.8 Å². The third-order valence-corrected chi connectivity index (χ3v) is 1.04. The molecule has 0 amide bonds. The number of allylic oxidation sites excluding steroid dienone is 1. The summed E-state index contributed by atoms with van der Waals surface area (Å²) in [4.78, 5) is 0. The summed E-state index contributed by atoms with van der Waals surface area (Å²) in [7, 11) is 0. The Hall–Kier alpha value is -0.710. The van der Waals surface area contributed by atoms with E-state index >= 15 is 0 Å². The predicted molar refractivity (Wildman–Crippen MR) is 30.9 cm³/mol. The molecule has 1 aliphatic heterocycles. The van der Waals surface area contributed by atoms with Gasteiger partial charge in [-0.1, -0.05) is 0 Å². The van der Waals surface area contributed by atoms with Gasteiger partial charge in [-0.05, 0) is 0 Å². The van der Waals surface area contributed by atoms with E-state index in [0.717, 1.165) is 0 Å². The maximum absolute atomic E-state index is 11.4. The van der Waals surface area contributed by atoms with Gasteiger partial charge in [0.15, 0.2) is 0 Å². The van der Waals surface area contributed by atoms with E-state index < -0.39 is 6.18 Å². The van der Waals surface area contributed by atoms with Crippen LogP contribution < -0.4 is 0 Å². The smallest absolute Gasteiger partial charge is 0.412 e. The van der Waals surface area contributed by atoms with Gasteiger partial charge in [0, 0.05) is 0 Å². The molecule has 0 aromatic carbocycles.